The Morgan fingerprint density at radius 3 is 2.36 bits per heavy atom. The van der Waals surface area contributed by atoms with E-state index < -0.39 is 23.5 Å². The average molecular weight is 576 g/mol. The third-order valence-corrected chi connectivity index (χ3v) is 6.30. The average Bonchev–Trinajstić information content (AvgIpc) is 2.94. The second-order valence-electron chi connectivity index (χ2n) is 9.48. The summed E-state index contributed by atoms with van der Waals surface area (Å²) in [6.07, 6.45) is 5.03. The minimum Gasteiger partial charge on any atom is -0.491 e. The minimum atomic E-state index is -1.05. The van der Waals surface area contributed by atoms with Crippen molar-refractivity contribution in [2.75, 3.05) is 31.2 Å². The van der Waals surface area contributed by atoms with Crippen LogP contribution < -0.4 is 21.9 Å². The molecule has 42 heavy (non-hydrogen) atoms. The highest BCUT2D eigenvalue weighted by Gasteiger charge is 2.19. The molecule has 0 aliphatic heterocycles. The van der Waals surface area contributed by atoms with E-state index in [4.69, 9.17) is 31.8 Å². The molecule has 2 aromatic rings. The summed E-state index contributed by atoms with van der Waals surface area (Å²) in [6.45, 7) is 5.63. The maximum Gasteiger partial charge on any atom is 0.333 e. The quantitative estimate of drug-likeness (QED) is 0.0643. The molecule has 2 aromatic carbocycles. The lowest BCUT2D eigenvalue weighted by atomic mass is 9.99. The van der Waals surface area contributed by atoms with Crippen LogP contribution in [-0.4, -0.2) is 48.4 Å². The number of anilines is 2. The summed E-state index contributed by atoms with van der Waals surface area (Å²) in [5, 5.41) is 17.7. The Kier molecular flexibility index (Phi) is 10.9. The highest BCUT2D eigenvalue weighted by molar-refractivity contribution is 6.48. The van der Waals surface area contributed by atoms with E-state index in [-0.39, 0.29) is 48.7 Å². The number of nitrogens with zero attached hydrogens (tertiary/aromatic N) is 2. The number of nitrogen functional groups attached to an aromatic ring is 2. The van der Waals surface area contributed by atoms with Gasteiger partial charge in [0.05, 0.1) is 31.0 Å². The smallest absolute Gasteiger partial charge is 0.333 e. The second kappa shape index (κ2) is 14.5. The van der Waals surface area contributed by atoms with Crippen LogP contribution in [0.2, 0.25) is 0 Å². The lowest BCUT2D eigenvalue weighted by Crippen LogP contribution is -2.18. The van der Waals surface area contributed by atoms with Gasteiger partial charge in [-0.3, -0.25) is 14.4 Å². The number of hydrogen-bond acceptors (Lipinski definition) is 11. The van der Waals surface area contributed by atoms with Crippen molar-refractivity contribution in [1.82, 2.24) is 0 Å². The Morgan fingerprint density at radius 2 is 1.67 bits per heavy atom. The highest BCUT2D eigenvalue weighted by atomic mass is 16.5. The molecule has 12 heteroatoms. The predicted octanol–water partition coefficient (Wildman–Crippen LogP) is 3.46. The zero-order chi connectivity index (χ0) is 30.8. The summed E-state index contributed by atoms with van der Waals surface area (Å²) in [4.78, 5) is 46.8. The number of carboxylic acid groups (broad SMARTS) is 1. The summed E-state index contributed by atoms with van der Waals surface area (Å²) in [7, 11) is 0. The first-order valence-corrected chi connectivity index (χ1v) is 13.1. The number of azo groups is 1. The van der Waals surface area contributed by atoms with Gasteiger partial charge in [0.1, 0.15) is 17.1 Å². The van der Waals surface area contributed by atoms with Crippen molar-refractivity contribution >= 4 is 46.3 Å². The maximum atomic E-state index is 12.2. The van der Waals surface area contributed by atoms with Crippen LogP contribution in [0, 0.1) is 0 Å². The number of allylic oxidation sites excluding steroid dienone is 3. The van der Waals surface area contributed by atoms with Gasteiger partial charge in [-0.25, -0.2) is 4.79 Å². The molecule has 220 valence electrons. The van der Waals surface area contributed by atoms with Crippen LogP contribution in [0.1, 0.15) is 30.0 Å². The molecule has 7 N–H and O–H groups in total. The Balaban J connectivity index is 1.94. The van der Waals surface area contributed by atoms with Crippen LogP contribution in [0.4, 0.5) is 22.7 Å². The highest BCUT2D eigenvalue weighted by Crippen LogP contribution is 2.36. The lowest BCUT2D eigenvalue weighted by molar-refractivity contribution is -0.139. The molecular formula is C30H33N5O7. The largest absolute Gasteiger partial charge is 0.491 e. The van der Waals surface area contributed by atoms with Gasteiger partial charge in [-0.05, 0) is 60.9 Å². The van der Waals surface area contributed by atoms with E-state index in [1.165, 1.54) is 24.3 Å². The molecule has 0 amide bonds. The van der Waals surface area contributed by atoms with E-state index in [1.807, 2.05) is 0 Å². The fourth-order valence-electron chi connectivity index (χ4n) is 4.06. The summed E-state index contributed by atoms with van der Waals surface area (Å²) >= 11 is 0. The van der Waals surface area contributed by atoms with Gasteiger partial charge in [-0.2, -0.15) is 0 Å². The molecule has 0 spiro atoms. The van der Waals surface area contributed by atoms with Gasteiger partial charge >= 0.3 is 11.9 Å². The number of aliphatic carboxylic acids is 1. The van der Waals surface area contributed by atoms with Crippen molar-refractivity contribution in [1.29, 1.82) is 0 Å². The molecule has 0 atom stereocenters. The number of ketones is 2. The minimum absolute atomic E-state index is 0.0561. The monoisotopic (exact) mass is 575 g/mol. The number of esters is 1. The van der Waals surface area contributed by atoms with Crippen LogP contribution in [-0.2, 0) is 43.2 Å². The zero-order valence-electron chi connectivity index (χ0n) is 23.2. The van der Waals surface area contributed by atoms with Crippen LogP contribution >= 0.6 is 0 Å². The molecule has 0 fully saturated rings. The van der Waals surface area contributed by atoms with Gasteiger partial charge in [0.25, 0.3) is 0 Å². The number of carboxylic acids is 1. The normalized spacial score (nSPS) is 12.9. The molecule has 12 nitrogen and oxygen atoms in total. The molecule has 0 saturated carbocycles. The zero-order valence-corrected chi connectivity index (χ0v) is 23.2. The van der Waals surface area contributed by atoms with Crippen LogP contribution in [0.15, 0.2) is 70.4 Å². The van der Waals surface area contributed by atoms with E-state index in [9.17, 15) is 19.2 Å². The van der Waals surface area contributed by atoms with Gasteiger partial charge in [0, 0.05) is 24.0 Å². The number of hydrogen-bond donors (Lipinski definition) is 4. The molecule has 0 aromatic heterocycles. The molecule has 1 aliphatic carbocycles. The van der Waals surface area contributed by atoms with Crippen LogP contribution in [0.25, 0.3) is 0 Å². The third-order valence-electron chi connectivity index (χ3n) is 6.30. The Bertz CT molecular complexity index is 1510. The lowest BCUT2D eigenvalue weighted by Gasteiger charge is -2.16. The molecule has 0 radical (unpaired) electrons. The van der Waals surface area contributed by atoms with Crippen molar-refractivity contribution in [2.45, 2.75) is 32.6 Å². The first-order valence-electron chi connectivity index (χ1n) is 13.1. The van der Waals surface area contributed by atoms with E-state index in [1.54, 1.807) is 25.1 Å². The molecule has 0 saturated heterocycles. The van der Waals surface area contributed by atoms with Crippen molar-refractivity contribution in [3.05, 3.63) is 76.9 Å². The van der Waals surface area contributed by atoms with Crippen molar-refractivity contribution < 1.29 is 33.8 Å². The first kappa shape index (κ1) is 31.4. The van der Waals surface area contributed by atoms with Gasteiger partial charge in [0.15, 0.2) is 0 Å². The number of ether oxygens (including phenoxy) is 2. The number of nitrogens with two attached hydrogens (primary N) is 3. The second-order valence-corrected chi connectivity index (χ2v) is 9.48. The number of Topliss-reactive ketones (excluding diaryl/α,β-unsaturated/α-hetero) is 1. The summed E-state index contributed by atoms with van der Waals surface area (Å²) < 4.78 is 11.3. The Morgan fingerprint density at radius 1 is 0.952 bits per heavy atom. The topological polar surface area (TPSA) is 210 Å². The Labute approximate surface area is 242 Å². The molecule has 0 unspecified atom stereocenters. The summed E-state index contributed by atoms with van der Waals surface area (Å²) in [5.74, 6) is -2.41. The first-order chi connectivity index (χ1) is 20.0. The van der Waals surface area contributed by atoms with E-state index in [2.05, 4.69) is 16.8 Å². The third kappa shape index (κ3) is 8.21. The summed E-state index contributed by atoms with van der Waals surface area (Å²) in [5.41, 5.74) is 21.3. The standard InChI is InChI=1S/C30H33N5O7/c1-17(2)30(40)42-13-10-20-15-25(41-12-9-18-4-3-5-24(36)29(18)39)23(14-19(20)8-11-31)35-34-22-7-6-21(16-26(37)38)27(32)28(22)33/h3-7,14-15H,1,8-13,16,31-33H2,2H3,(H,37,38). The van der Waals surface area contributed by atoms with Gasteiger partial charge in [0.2, 0.25) is 11.6 Å². The molecule has 0 heterocycles. The van der Waals surface area contributed by atoms with E-state index in [0.29, 0.717) is 42.0 Å². The maximum absolute atomic E-state index is 12.2. The number of carbonyl (C=O) groups is 4. The molecule has 3 rings (SSSR count). The fourth-order valence-corrected chi connectivity index (χ4v) is 4.06. The van der Waals surface area contributed by atoms with Crippen LogP contribution in [0.3, 0.4) is 0 Å². The molecule has 1 aliphatic rings. The molecular weight excluding hydrogens is 542 g/mol. The number of rotatable bonds is 14. The van der Waals surface area contributed by atoms with Crippen molar-refractivity contribution in [2.24, 2.45) is 16.0 Å². The van der Waals surface area contributed by atoms with Gasteiger partial charge in [-0.1, -0.05) is 24.8 Å². The van der Waals surface area contributed by atoms with Gasteiger partial charge < -0.3 is 31.8 Å². The van der Waals surface area contributed by atoms with Crippen LogP contribution in [0.5, 0.6) is 5.75 Å². The van der Waals surface area contributed by atoms with Crippen molar-refractivity contribution in [3.63, 3.8) is 0 Å². The van der Waals surface area contributed by atoms with Gasteiger partial charge in [-0.15, -0.1) is 10.2 Å². The van der Waals surface area contributed by atoms with E-state index >= 15 is 0 Å². The fraction of sp³-hybridized carbons (Fsp3) is 0.267. The summed E-state index contributed by atoms with van der Waals surface area (Å²) in [6, 6.07) is 6.53. The Hall–Kier alpha value is -5.10. The number of benzene rings is 2. The number of carbonyl (C=O) groups excluding carboxylic acids is 3. The predicted molar refractivity (Wildman–Crippen MR) is 157 cm³/mol. The SMILES string of the molecule is C=C(C)C(=O)OCCc1cc(OCCC2=CC=CC(=O)C2=O)c(N=Nc2ccc(CC(=O)O)c(N)c2N)cc1CCN. The molecule has 0 bridgehead atoms. The van der Waals surface area contributed by atoms with Crippen molar-refractivity contribution in [3.8, 4) is 5.75 Å². The van der Waals surface area contributed by atoms with E-state index in [0.717, 1.165) is 11.1 Å².